The monoisotopic (exact) mass is 368 g/mol. The van der Waals surface area contributed by atoms with Gasteiger partial charge in [-0.2, -0.15) is 5.10 Å². The molecule has 1 amide bonds. The zero-order valence-electron chi connectivity index (χ0n) is 16.7. The van der Waals surface area contributed by atoms with E-state index in [4.69, 9.17) is 5.10 Å². The van der Waals surface area contributed by atoms with Crippen LogP contribution in [0.25, 0.3) is 0 Å². The highest BCUT2D eigenvalue weighted by atomic mass is 16.1. The van der Waals surface area contributed by atoms with Crippen LogP contribution in [0, 0.1) is 17.3 Å². The number of allylic oxidation sites excluding steroid dienone is 1. The number of fused-ring (bicyclic) bond motifs is 2. The van der Waals surface area contributed by atoms with Gasteiger partial charge < -0.3 is 5.32 Å². The van der Waals surface area contributed by atoms with Gasteiger partial charge in [0.2, 0.25) is 5.91 Å². The van der Waals surface area contributed by atoms with Crippen LogP contribution in [-0.2, 0) is 24.3 Å². The summed E-state index contributed by atoms with van der Waals surface area (Å²) in [6, 6.07) is 2.67. The third kappa shape index (κ3) is 3.35. The second-order valence-electron chi connectivity index (χ2n) is 9.72. The molecule has 0 aromatic carbocycles. The molecule has 1 aromatic rings. The van der Waals surface area contributed by atoms with Crippen LogP contribution in [0.3, 0.4) is 0 Å². The Morgan fingerprint density at radius 3 is 2.93 bits per heavy atom. The van der Waals surface area contributed by atoms with Gasteiger partial charge in [-0.15, -0.1) is 0 Å². The Hall–Kier alpha value is -1.62. The van der Waals surface area contributed by atoms with E-state index in [0.717, 1.165) is 63.0 Å². The van der Waals surface area contributed by atoms with Gasteiger partial charge in [0.1, 0.15) is 0 Å². The first-order valence-electron chi connectivity index (χ1n) is 10.8. The van der Waals surface area contributed by atoms with Crippen molar-refractivity contribution in [2.75, 3.05) is 13.1 Å². The number of amides is 1. The molecule has 27 heavy (non-hydrogen) atoms. The van der Waals surface area contributed by atoms with E-state index in [1.807, 2.05) is 0 Å². The Labute approximate surface area is 162 Å². The van der Waals surface area contributed by atoms with Crippen LogP contribution in [0.15, 0.2) is 17.7 Å². The molecule has 4 aliphatic carbocycles. The lowest BCUT2D eigenvalue weighted by Crippen LogP contribution is -2.50. The number of carbonyl (C=O) groups excluding carboxylic acids is 1. The molecule has 6 rings (SSSR count). The third-order valence-corrected chi connectivity index (χ3v) is 7.47. The number of hydrogen-bond acceptors (Lipinski definition) is 3. The number of nitrogens with one attached hydrogen (secondary N) is 1. The van der Waals surface area contributed by atoms with Gasteiger partial charge in [-0.3, -0.25) is 14.4 Å². The molecule has 1 N–H and O–H groups in total. The third-order valence-electron chi connectivity index (χ3n) is 7.47. The number of aromatic nitrogens is 2. The highest BCUT2D eigenvalue weighted by molar-refractivity contribution is 5.76. The maximum atomic E-state index is 11.9. The summed E-state index contributed by atoms with van der Waals surface area (Å²) in [7, 11) is 0. The maximum absolute atomic E-state index is 11.9. The summed E-state index contributed by atoms with van der Waals surface area (Å²) in [5.74, 6) is 1.88. The van der Waals surface area contributed by atoms with Crippen LogP contribution in [0.1, 0.15) is 57.3 Å². The Kier molecular flexibility index (Phi) is 4.19. The molecule has 2 saturated carbocycles. The molecule has 0 spiro atoms. The lowest BCUT2D eigenvalue weighted by molar-refractivity contribution is -0.121. The van der Waals surface area contributed by atoms with Crippen molar-refractivity contribution < 1.29 is 4.79 Å². The van der Waals surface area contributed by atoms with Gasteiger partial charge in [0.15, 0.2) is 0 Å². The first kappa shape index (κ1) is 17.5. The smallest absolute Gasteiger partial charge is 0.220 e. The normalized spacial score (nSPS) is 28.9. The van der Waals surface area contributed by atoms with E-state index in [9.17, 15) is 4.79 Å². The summed E-state index contributed by atoms with van der Waals surface area (Å²) in [5.41, 5.74) is 4.56. The second-order valence-corrected chi connectivity index (χ2v) is 9.72. The Bertz CT molecular complexity index is 773. The van der Waals surface area contributed by atoms with Crippen molar-refractivity contribution in [3.8, 4) is 0 Å². The largest absolute Gasteiger partial charge is 0.353 e. The predicted octanol–water partition coefficient (Wildman–Crippen LogP) is 2.90. The summed E-state index contributed by atoms with van der Waals surface area (Å²) >= 11 is 0. The molecule has 2 unspecified atom stereocenters. The van der Waals surface area contributed by atoms with E-state index in [-0.39, 0.29) is 5.91 Å². The van der Waals surface area contributed by atoms with Crippen molar-refractivity contribution in [3.63, 3.8) is 0 Å². The molecule has 1 aliphatic heterocycles. The summed E-state index contributed by atoms with van der Waals surface area (Å²) < 4.78 is 2.16. The molecular formula is C22H32N4O. The van der Waals surface area contributed by atoms with Crippen LogP contribution in [0.5, 0.6) is 0 Å². The zero-order valence-corrected chi connectivity index (χ0v) is 16.7. The number of hydrogen-bond donors (Lipinski definition) is 1. The van der Waals surface area contributed by atoms with Gasteiger partial charge >= 0.3 is 0 Å². The summed E-state index contributed by atoms with van der Waals surface area (Å²) in [6.45, 7) is 9.05. The number of nitrogens with zero attached hydrogens (tertiary/aromatic N) is 3. The van der Waals surface area contributed by atoms with Crippen molar-refractivity contribution in [1.29, 1.82) is 0 Å². The molecule has 5 heteroatoms. The fourth-order valence-electron chi connectivity index (χ4n) is 5.32. The van der Waals surface area contributed by atoms with Crippen molar-refractivity contribution in [1.82, 2.24) is 20.0 Å². The van der Waals surface area contributed by atoms with Crippen LogP contribution >= 0.6 is 0 Å². The van der Waals surface area contributed by atoms with E-state index in [2.05, 4.69) is 40.9 Å². The highest BCUT2D eigenvalue weighted by Crippen LogP contribution is 2.59. The van der Waals surface area contributed by atoms with Crippen LogP contribution in [-0.4, -0.2) is 39.7 Å². The van der Waals surface area contributed by atoms with Gasteiger partial charge in [-0.25, -0.2) is 0 Å². The molecule has 5 aliphatic rings. The minimum absolute atomic E-state index is 0.177. The van der Waals surface area contributed by atoms with Gasteiger partial charge in [0.05, 0.1) is 17.9 Å². The minimum atomic E-state index is 0.177. The van der Waals surface area contributed by atoms with Crippen molar-refractivity contribution >= 4 is 5.91 Å². The molecular weight excluding hydrogens is 336 g/mol. The van der Waals surface area contributed by atoms with Gasteiger partial charge in [-0.1, -0.05) is 25.5 Å². The average molecular weight is 369 g/mol. The Morgan fingerprint density at radius 1 is 1.33 bits per heavy atom. The fourth-order valence-corrected chi connectivity index (χ4v) is 5.32. The molecule has 2 heterocycles. The topological polar surface area (TPSA) is 50.2 Å². The second kappa shape index (κ2) is 6.47. The molecule has 0 radical (unpaired) electrons. The van der Waals surface area contributed by atoms with E-state index in [1.165, 1.54) is 18.5 Å². The first-order chi connectivity index (χ1) is 13.0. The van der Waals surface area contributed by atoms with Crippen molar-refractivity contribution in [2.45, 2.75) is 71.5 Å². The molecule has 2 bridgehead atoms. The predicted molar refractivity (Wildman–Crippen MR) is 105 cm³/mol. The molecule has 146 valence electrons. The van der Waals surface area contributed by atoms with Crippen LogP contribution in [0.4, 0.5) is 0 Å². The quantitative estimate of drug-likeness (QED) is 0.786. The molecule has 1 aromatic heterocycles. The standard InChI is InChI=1S/C22H32N4O/c1-22(2)16-4-3-15(20(22)11-16)13-25-9-10-26-19(14-25)12-18(24-26)7-8-21(27)23-17-5-6-17/h3,12,16-17,20H,4-11,13-14H2,1-2H3,(H,23,27). The van der Waals surface area contributed by atoms with Gasteiger partial charge in [-0.05, 0) is 49.0 Å². The van der Waals surface area contributed by atoms with E-state index >= 15 is 0 Å². The van der Waals surface area contributed by atoms with Crippen LogP contribution in [0.2, 0.25) is 0 Å². The lowest BCUT2D eigenvalue weighted by Gasteiger charge is -2.57. The molecule has 2 fully saturated rings. The van der Waals surface area contributed by atoms with E-state index in [1.54, 1.807) is 5.57 Å². The maximum Gasteiger partial charge on any atom is 0.220 e. The number of aryl methyl sites for hydroxylation is 1. The SMILES string of the molecule is CC1(C)C2CC=C(CN3CCn4nc(CCC(=O)NC5CC5)cc4C3)C1C2. The van der Waals surface area contributed by atoms with Gasteiger partial charge in [0, 0.05) is 38.5 Å². The summed E-state index contributed by atoms with van der Waals surface area (Å²) in [6.07, 6.45) is 8.81. The summed E-state index contributed by atoms with van der Waals surface area (Å²) in [4.78, 5) is 14.5. The van der Waals surface area contributed by atoms with E-state index in [0.29, 0.717) is 17.9 Å². The Balaban J connectivity index is 1.17. The summed E-state index contributed by atoms with van der Waals surface area (Å²) in [5, 5.41) is 7.80. The van der Waals surface area contributed by atoms with Crippen molar-refractivity contribution in [2.24, 2.45) is 17.3 Å². The van der Waals surface area contributed by atoms with E-state index < -0.39 is 0 Å². The Morgan fingerprint density at radius 2 is 2.19 bits per heavy atom. The average Bonchev–Trinajstić information content (AvgIpc) is 3.36. The number of carbonyl (C=O) groups is 1. The minimum Gasteiger partial charge on any atom is -0.353 e. The zero-order chi connectivity index (χ0) is 18.6. The van der Waals surface area contributed by atoms with Crippen molar-refractivity contribution in [3.05, 3.63) is 29.1 Å². The molecule has 0 saturated heterocycles. The fraction of sp³-hybridized carbons (Fsp3) is 0.727. The first-order valence-corrected chi connectivity index (χ1v) is 10.8. The molecule has 2 atom stereocenters. The highest BCUT2D eigenvalue weighted by Gasteiger charge is 2.51. The molecule has 5 nitrogen and oxygen atoms in total. The lowest BCUT2D eigenvalue weighted by atomic mass is 9.49. The van der Waals surface area contributed by atoms with Gasteiger partial charge in [0.25, 0.3) is 0 Å². The number of rotatable bonds is 6. The van der Waals surface area contributed by atoms with Crippen LogP contribution < -0.4 is 5.32 Å².